The van der Waals surface area contributed by atoms with E-state index in [1.165, 1.54) is 24.3 Å². The molecule has 1 aromatic carbocycles. The molecule has 1 rings (SSSR count). The summed E-state index contributed by atoms with van der Waals surface area (Å²) in [4.78, 5) is 10.6. The summed E-state index contributed by atoms with van der Waals surface area (Å²) in [5.41, 5.74) is 0. The first-order valence-electron chi connectivity index (χ1n) is 4.13. The number of benzene rings is 1. The quantitative estimate of drug-likeness (QED) is 0.597. The minimum absolute atomic E-state index is 0.142. The first-order valence-corrected chi connectivity index (χ1v) is 7.19. The van der Waals surface area contributed by atoms with Crippen LogP contribution < -0.4 is 9.62 Å². The standard InChI is InChI=1S/C8H10AsNO6/c1-6(11)14-9(13,16-10)15-8-5-3-2-4-7(8)12/h2-5,12H,10H2,1H3. The minimum atomic E-state index is -4.90. The summed E-state index contributed by atoms with van der Waals surface area (Å²) in [7, 11) is 0. The van der Waals surface area contributed by atoms with Crippen molar-refractivity contribution in [3.05, 3.63) is 24.3 Å². The SMILES string of the molecule is CC(=O)O[As](=O)(ON)Oc1ccccc1O. The Kier molecular flexibility index (Phi) is 4.00. The number of hydrogen-bond donors (Lipinski definition) is 2. The molecule has 0 amide bonds. The van der Waals surface area contributed by atoms with Gasteiger partial charge in [-0.1, -0.05) is 0 Å². The molecule has 7 nitrogen and oxygen atoms in total. The number of aromatic hydroxyl groups is 1. The molecule has 0 aliphatic rings. The molecule has 1 unspecified atom stereocenters. The third kappa shape index (κ3) is 3.30. The second kappa shape index (κ2) is 5.07. The van der Waals surface area contributed by atoms with E-state index in [-0.39, 0.29) is 11.5 Å². The third-order valence-corrected chi connectivity index (χ3v) is 3.88. The molecule has 88 valence electrons. The van der Waals surface area contributed by atoms with E-state index in [4.69, 9.17) is 9.62 Å². The molecule has 3 N–H and O–H groups in total. The molecular weight excluding hydrogens is 281 g/mol. The van der Waals surface area contributed by atoms with Gasteiger partial charge < -0.3 is 0 Å². The van der Waals surface area contributed by atoms with Crippen LogP contribution in [0.1, 0.15) is 6.92 Å². The Bertz CT molecular complexity index is 434. The number of carbonyl (C=O) groups excluding carboxylic acids is 1. The summed E-state index contributed by atoms with van der Waals surface area (Å²) >= 11 is -4.90. The van der Waals surface area contributed by atoms with E-state index in [9.17, 15) is 13.6 Å². The maximum absolute atomic E-state index is 11.7. The molecule has 1 aromatic rings. The number of nitrogens with two attached hydrogens (primary N) is 1. The van der Waals surface area contributed by atoms with E-state index >= 15 is 0 Å². The van der Waals surface area contributed by atoms with Crippen LogP contribution in [0.15, 0.2) is 24.3 Å². The summed E-state index contributed by atoms with van der Waals surface area (Å²) in [6.07, 6.45) is 0. The fourth-order valence-corrected chi connectivity index (χ4v) is 2.62. The van der Waals surface area contributed by atoms with Gasteiger partial charge in [-0.25, -0.2) is 0 Å². The molecule has 0 saturated heterocycles. The van der Waals surface area contributed by atoms with E-state index in [1.54, 1.807) is 0 Å². The molecule has 0 radical (unpaired) electrons. The molecule has 8 heteroatoms. The number of phenolic OH excluding ortho intramolecular Hbond substituents is 1. The van der Waals surface area contributed by atoms with Crippen LogP contribution in [-0.2, 0) is 16.1 Å². The number of rotatable bonds is 4. The van der Waals surface area contributed by atoms with Gasteiger partial charge in [0.2, 0.25) is 0 Å². The van der Waals surface area contributed by atoms with E-state index in [0.717, 1.165) is 6.92 Å². The zero-order chi connectivity index (χ0) is 12.2. The molecule has 0 saturated carbocycles. The predicted octanol–water partition coefficient (Wildman–Crippen LogP) is 0.0905. The van der Waals surface area contributed by atoms with E-state index in [2.05, 4.69) is 7.55 Å². The van der Waals surface area contributed by atoms with E-state index in [1.807, 2.05) is 0 Å². The van der Waals surface area contributed by atoms with Crippen molar-refractivity contribution < 1.29 is 24.9 Å². The third-order valence-electron chi connectivity index (χ3n) is 1.44. The first-order chi connectivity index (χ1) is 7.47. The van der Waals surface area contributed by atoms with Gasteiger partial charge in [0.15, 0.2) is 0 Å². The second-order valence-corrected chi connectivity index (χ2v) is 5.78. The van der Waals surface area contributed by atoms with Crippen LogP contribution in [0, 0.1) is 0 Å². The first kappa shape index (κ1) is 12.6. The Labute approximate surface area is 94.4 Å². The van der Waals surface area contributed by atoms with Crippen LogP contribution in [0.25, 0.3) is 0 Å². The van der Waals surface area contributed by atoms with Gasteiger partial charge in [-0.3, -0.25) is 0 Å². The summed E-state index contributed by atoms with van der Waals surface area (Å²) < 4.78 is 24.8. The van der Waals surface area contributed by atoms with Crippen molar-refractivity contribution in [3.63, 3.8) is 0 Å². The van der Waals surface area contributed by atoms with Crippen LogP contribution in [-0.4, -0.2) is 25.6 Å². The summed E-state index contributed by atoms with van der Waals surface area (Å²) in [5.74, 6) is 3.46. The number of hydrogen-bond acceptors (Lipinski definition) is 7. The summed E-state index contributed by atoms with van der Waals surface area (Å²) in [6, 6.07) is 5.69. The summed E-state index contributed by atoms with van der Waals surface area (Å²) in [5, 5.41) is 9.33. The van der Waals surface area contributed by atoms with Crippen LogP contribution >= 0.6 is 0 Å². The van der Waals surface area contributed by atoms with E-state index in [0.29, 0.717) is 0 Å². The van der Waals surface area contributed by atoms with Crippen LogP contribution in [0.5, 0.6) is 11.5 Å². The molecule has 0 spiro atoms. The summed E-state index contributed by atoms with van der Waals surface area (Å²) in [6.45, 7) is 1.03. The fraction of sp³-hybridized carbons (Fsp3) is 0.125. The van der Waals surface area contributed by atoms with Gasteiger partial charge in [0.1, 0.15) is 0 Å². The number of carbonyl (C=O) groups is 1. The van der Waals surface area contributed by atoms with Gasteiger partial charge in [0.05, 0.1) is 0 Å². The Morgan fingerprint density at radius 2 is 2.06 bits per heavy atom. The predicted molar refractivity (Wildman–Crippen MR) is 52.2 cm³/mol. The van der Waals surface area contributed by atoms with Gasteiger partial charge >= 0.3 is 94.0 Å². The zero-order valence-electron chi connectivity index (χ0n) is 8.32. The molecule has 0 heterocycles. The second-order valence-electron chi connectivity index (χ2n) is 2.69. The zero-order valence-corrected chi connectivity index (χ0v) is 10.2. The van der Waals surface area contributed by atoms with Crippen LogP contribution in [0.4, 0.5) is 0 Å². The molecule has 0 fully saturated rings. The van der Waals surface area contributed by atoms with E-state index < -0.39 is 20.5 Å². The molecule has 0 aromatic heterocycles. The number of para-hydroxylation sites is 2. The van der Waals surface area contributed by atoms with Gasteiger partial charge in [-0.05, 0) is 0 Å². The molecule has 0 aliphatic carbocycles. The molecule has 0 aliphatic heterocycles. The molecule has 16 heavy (non-hydrogen) atoms. The monoisotopic (exact) mass is 291 g/mol. The van der Waals surface area contributed by atoms with Crippen molar-refractivity contribution in [3.8, 4) is 11.5 Å². The maximum atomic E-state index is 11.7. The topological polar surface area (TPSA) is 108 Å². The Morgan fingerprint density at radius 3 is 2.56 bits per heavy atom. The van der Waals surface area contributed by atoms with Gasteiger partial charge in [0, 0.05) is 0 Å². The van der Waals surface area contributed by atoms with Crippen LogP contribution in [0.2, 0.25) is 0 Å². The number of phenols is 1. The van der Waals surface area contributed by atoms with Crippen molar-refractivity contribution in [2.75, 3.05) is 0 Å². The molecule has 0 bridgehead atoms. The van der Waals surface area contributed by atoms with Crippen molar-refractivity contribution in [2.24, 2.45) is 5.90 Å². The molecule has 1 atom stereocenters. The van der Waals surface area contributed by atoms with Crippen molar-refractivity contribution in [1.29, 1.82) is 0 Å². The Balaban J connectivity index is 2.89. The van der Waals surface area contributed by atoms with Crippen molar-refractivity contribution in [2.45, 2.75) is 6.92 Å². The van der Waals surface area contributed by atoms with Crippen molar-refractivity contribution >= 4 is 20.5 Å². The average molecular weight is 291 g/mol. The Morgan fingerprint density at radius 1 is 1.44 bits per heavy atom. The normalized spacial score (nSPS) is 13.9. The average Bonchev–Trinajstić information content (AvgIpc) is 2.20. The van der Waals surface area contributed by atoms with Gasteiger partial charge in [-0.2, -0.15) is 0 Å². The Hall–Kier alpha value is -1.43. The van der Waals surface area contributed by atoms with Crippen molar-refractivity contribution in [1.82, 2.24) is 0 Å². The van der Waals surface area contributed by atoms with Gasteiger partial charge in [-0.15, -0.1) is 0 Å². The van der Waals surface area contributed by atoms with Gasteiger partial charge in [0.25, 0.3) is 0 Å². The fourth-order valence-electron chi connectivity index (χ4n) is 0.874. The van der Waals surface area contributed by atoms with Crippen LogP contribution in [0.3, 0.4) is 0 Å². The molecular formula is C8H10AsNO6.